The van der Waals surface area contributed by atoms with Gasteiger partial charge in [0, 0.05) is 18.3 Å². The van der Waals surface area contributed by atoms with Gasteiger partial charge in [-0.1, -0.05) is 0 Å². The lowest BCUT2D eigenvalue weighted by atomic mass is 9.95. The fourth-order valence-electron chi connectivity index (χ4n) is 3.45. The van der Waals surface area contributed by atoms with Gasteiger partial charge in [0.05, 0.1) is 30.8 Å². The van der Waals surface area contributed by atoms with Gasteiger partial charge in [0.2, 0.25) is 5.82 Å². The Bertz CT molecular complexity index is 1220. The maximum absolute atomic E-state index is 13.9. The van der Waals surface area contributed by atoms with Crippen LogP contribution in [0.4, 0.5) is 22.0 Å². The molecule has 3 aromatic rings. The van der Waals surface area contributed by atoms with Crippen LogP contribution in [0.5, 0.6) is 0 Å². The molecule has 1 atom stereocenters. The summed E-state index contributed by atoms with van der Waals surface area (Å²) in [5.74, 6) is -4.55. The predicted octanol–water partition coefficient (Wildman–Crippen LogP) is 2.89. The van der Waals surface area contributed by atoms with Crippen molar-refractivity contribution < 1.29 is 31.5 Å². The van der Waals surface area contributed by atoms with Crippen LogP contribution in [0.15, 0.2) is 23.1 Å². The number of benzene rings is 1. The van der Waals surface area contributed by atoms with Crippen LogP contribution in [0.25, 0.3) is 10.8 Å². The molecule has 1 aliphatic rings. The molecule has 1 aliphatic heterocycles. The van der Waals surface area contributed by atoms with Crippen LogP contribution in [0.3, 0.4) is 0 Å². The lowest BCUT2D eigenvalue weighted by molar-refractivity contribution is -0.144. The first-order chi connectivity index (χ1) is 14.1. The average Bonchev–Trinajstić information content (AvgIpc) is 3.18. The number of amides is 1. The number of alkyl halides is 3. The van der Waals surface area contributed by atoms with E-state index in [4.69, 9.17) is 4.74 Å². The number of hydrogen-bond acceptors (Lipinski definition) is 4. The van der Waals surface area contributed by atoms with E-state index in [1.807, 2.05) is 4.98 Å². The number of imidazole rings is 1. The first kappa shape index (κ1) is 20.0. The first-order valence-electron chi connectivity index (χ1n) is 8.59. The highest BCUT2D eigenvalue weighted by molar-refractivity contribution is 5.93. The third-order valence-corrected chi connectivity index (χ3v) is 4.90. The van der Waals surface area contributed by atoms with E-state index in [-0.39, 0.29) is 29.7 Å². The van der Waals surface area contributed by atoms with Crippen LogP contribution in [0, 0.1) is 11.6 Å². The fraction of sp³-hybridized carbons (Fsp3) is 0.278. The monoisotopic (exact) mass is 428 g/mol. The minimum Gasteiger partial charge on any atom is -0.373 e. The Morgan fingerprint density at radius 2 is 1.87 bits per heavy atom. The zero-order chi connectivity index (χ0) is 21.8. The first-order valence-corrected chi connectivity index (χ1v) is 8.59. The molecule has 1 unspecified atom stereocenters. The number of carbonyl (C=O) groups excluding carboxylic acids is 1. The number of pyridine rings is 1. The summed E-state index contributed by atoms with van der Waals surface area (Å²) in [5.41, 5.74) is -0.497. The van der Waals surface area contributed by atoms with Crippen molar-refractivity contribution in [3.63, 3.8) is 0 Å². The summed E-state index contributed by atoms with van der Waals surface area (Å²) in [7, 11) is 1.32. The molecular formula is C18H13F5N4O3. The number of fused-ring (bicyclic) bond motifs is 3. The van der Waals surface area contributed by atoms with Crippen LogP contribution < -0.4 is 5.56 Å². The molecule has 0 fully saturated rings. The van der Waals surface area contributed by atoms with Crippen LogP contribution in [-0.2, 0) is 17.5 Å². The van der Waals surface area contributed by atoms with E-state index in [2.05, 4.69) is 9.97 Å². The van der Waals surface area contributed by atoms with Crippen LogP contribution in [-0.4, -0.2) is 39.4 Å². The maximum Gasteiger partial charge on any atom is 0.449 e. The van der Waals surface area contributed by atoms with Gasteiger partial charge in [-0.2, -0.15) is 13.2 Å². The highest BCUT2D eigenvalue weighted by Gasteiger charge is 2.36. The molecule has 158 valence electrons. The topological polar surface area (TPSA) is 91.1 Å². The van der Waals surface area contributed by atoms with Crippen molar-refractivity contribution in [3.8, 4) is 0 Å². The third-order valence-electron chi connectivity index (χ3n) is 4.90. The molecule has 12 heteroatoms. The number of rotatable bonds is 2. The Balaban J connectivity index is 1.80. The number of aromatic nitrogens is 3. The van der Waals surface area contributed by atoms with Gasteiger partial charge in [-0.3, -0.25) is 9.59 Å². The number of nitrogens with zero attached hydrogens (tertiary/aromatic N) is 2. The second-order valence-electron chi connectivity index (χ2n) is 6.75. The van der Waals surface area contributed by atoms with Crippen molar-refractivity contribution in [1.82, 2.24) is 19.9 Å². The highest BCUT2D eigenvalue weighted by Crippen LogP contribution is 2.34. The second kappa shape index (κ2) is 6.90. The van der Waals surface area contributed by atoms with Gasteiger partial charge >= 0.3 is 6.18 Å². The van der Waals surface area contributed by atoms with E-state index in [1.54, 1.807) is 0 Å². The number of ether oxygens (including phenoxy) is 1. The van der Waals surface area contributed by atoms with Crippen molar-refractivity contribution in [2.75, 3.05) is 13.7 Å². The highest BCUT2D eigenvalue weighted by atomic mass is 19.4. The third kappa shape index (κ3) is 3.22. The van der Waals surface area contributed by atoms with E-state index < -0.39 is 46.8 Å². The second-order valence-corrected chi connectivity index (χ2v) is 6.75. The van der Waals surface area contributed by atoms with Gasteiger partial charge in [-0.15, -0.1) is 0 Å². The molecule has 1 amide bonds. The number of hydrogen-bond donors (Lipinski definition) is 2. The number of carbonyl (C=O) groups is 1. The normalized spacial score (nSPS) is 16.5. The molecule has 0 aliphatic carbocycles. The number of aromatic amines is 2. The van der Waals surface area contributed by atoms with E-state index in [0.29, 0.717) is 5.56 Å². The molecule has 3 heterocycles. The molecule has 7 nitrogen and oxygen atoms in total. The Kier molecular flexibility index (Phi) is 4.60. The molecule has 4 rings (SSSR count). The largest absolute Gasteiger partial charge is 0.449 e. The van der Waals surface area contributed by atoms with Gasteiger partial charge in [0.15, 0.2) is 11.6 Å². The van der Waals surface area contributed by atoms with Crippen LogP contribution in [0.1, 0.15) is 33.6 Å². The molecule has 30 heavy (non-hydrogen) atoms. The zero-order valence-electron chi connectivity index (χ0n) is 15.2. The Hall–Kier alpha value is -3.28. The SMILES string of the molecule is CN(C(=O)c1cnc(C(F)(F)F)[nH]1)C1COCc2[nH]c(=O)c3cc(F)c(F)cc3c21. The summed E-state index contributed by atoms with van der Waals surface area (Å²) in [4.78, 5) is 33.7. The van der Waals surface area contributed by atoms with Gasteiger partial charge in [0.1, 0.15) is 5.69 Å². The molecule has 0 saturated carbocycles. The molecule has 1 aromatic carbocycles. The Morgan fingerprint density at radius 3 is 2.50 bits per heavy atom. The van der Waals surface area contributed by atoms with Crippen molar-refractivity contribution in [3.05, 3.63) is 63.1 Å². The van der Waals surface area contributed by atoms with Crippen molar-refractivity contribution in [2.24, 2.45) is 0 Å². The lowest BCUT2D eigenvalue weighted by Gasteiger charge is -2.33. The number of nitrogens with one attached hydrogen (secondary N) is 2. The standard InChI is InChI=1S/C18H13F5N4O3/c1-27(16(29)11-4-24-17(26-11)18(21,22)23)13-6-30-5-12-14(13)7-2-9(19)10(20)3-8(7)15(28)25-12/h2-4,13H,5-6H2,1H3,(H,24,26)(H,25,28). The molecule has 0 bridgehead atoms. The molecular weight excluding hydrogens is 415 g/mol. The molecule has 0 spiro atoms. The van der Waals surface area contributed by atoms with Crippen LogP contribution in [0.2, 0.25) is 0 Å². The van der Waals surface area contributed by atoms with E-state index in [0.717, 1.165) is 23.2 Å². The number of halogens is 5. The van der Waals surface area contributed by atoms with Crippen molar-refractivity contribution >= 4 is 16.7 Å². The number of likely N-dealkylation sites (N-methyl/N-ethyl adjacent to an activating group) is 1. The Morgan fingerprint density at radius 1 is 1.20 bits per heavy atom. The molecule has 2 aromatic heterocycles. The van der Waals surface area contributed by atoms with Crippen molar-refractivity contribution in [2.45, 2.75) is 18.8 Å². The van der Waals surface area contributed by atoms with E-state index in [1.165, 1.54) is 7.05 Å². The smallest absolute Gasteiger partial charge is 0.373 e. The summed E-state index contributed by atoms with van der Waals surface area (Å²) in [5, 5.41) is -0.0394. The molecule has 0 radical (unpaired) electrons. The van der Waals surface area contributed by atoms with Crippen LogP contribution >= 0.6 is 0 Å². The van der Waals surface area contributed by atoms with Gasteiger partial charge in [-0.05, 0) is 17.5 Å². The maximum atomic E-state index is 13.9. The van der Waals surface area contributed by atoms with E-state index >= 15 is 0 Å². The van der Waals surface area contributed by atoms with Crippen molar-refractivity contribution in [1.29, 1.82) is 0 Å². The summed E-state index contributed by atoms with van der Waals surface area (Å²) in [6, 6.07) is 0.721. The lowest BCUT2D eigenvalue weighted by Crippen LogP contribution is -2.37. The van der Waals surface area contributed by atoms with E-state index in [9.17, 15) is 31.5 Å². The van der Waals surface area contributed by atoms with Gasteiger partial charge in [-0.25, -0.2) is 13.8 Å². The average molecular weight is 428 g/mol. The number of H-pyrrole nitrogens is 2. The summed E-state index contributed by atoms with van der Waals surface area (Å²) < 4.78 is 71.2. The zero-order valence-corrected chi connectivity index (χ0v) is 15.2. The fourth-order valence-corrected chi connectivity index (χ4v) is 3.45. The quantitative estimate of drug-likeness (QED) is 0.615. The predicted molar refractivity (Wildman–Crippen MR) is 92.6 cm³/mol. The summed E-state index contributed by atoms with van der Waals surface area (Å²) in [6.45, 7) is -0.115. The van der Waals surface area contributed by atoms with Gasteiger partial charge < -0.3 is 19.6 Å². The summed E-state index contributed by atoms with van der Waals surface area (Å²) in [6.07, 6.45) is -4.00. The summed E-state index contributed by atoms with van der Waals surface area (Å²) >= 11 is 0. The minimum atomic E-state index is -4.76. The molecule has 2 N–H and O–H groups in total. The Labute approximate surface area is 164 Å². The minimum absolute atomic E-state index is 0.0414. The van der Waals surface area contributed by atoms with Gasteiger partial charge in [0.25, 0.3) is 11.5 Å². The molecule has 0 saturated heterocycles.